The summed E-state index contributed by atoms with van der Waals surface area (Å²) in [6, 6.07) is 13.7. The van der Waals surface area contributed by atoms with Gasteiger partial charge in [-0.15, -0.1) is 0 Å². The Labute approximate surface area is 176 Å². The molecular weight excluding hydrogens is 393 g/mol. The van der Waals surface area contributed by atoms with Gasteiger partial charge < -0.3 is 14.2 Å². The summed E-state index contributed by atoms with van der Waals surface area (Å²) in [6.07, 6.45) is 7.53. The lowest BCUT2D eigenvalue weighted by atomic mass is 10.1. The molecule has 3 aromatic rings. The SMILES string of the molecule is CCCCN(C)c1ccc(OC(Cn2ccnc2)c2ccc(Cl)cc2Cl)cc1. The summed E-state index contributed by atoms with van der Waals surface area (Å²) < 4.78 is 8.29. The van der Waals surface area contributed by atoms with Gasteiger partial charge in [-0.1, -0.05) is 42.6 Å². The average Bonchev–Trinajstić information content (AvgIpc) is 3.19. The number of anilines is 1. The van der Waals surface area contributed by atoms with E-state index < -0.39 is 0 Å². The second-order valence-electron chi connectivity index (χ2n) is 6.80. The standard InChI is InChI=1S/C22H25Cl2N3O/c1-3-4-12-26(2)18-6-8-19(9-7-18)28-22(15-27-13-11-25-16-27)20-10-5-17(23)14-21(20)24/h5-11,13-14,16,22H,3-4,12,15H2,1-2H3. The van der Waals surface area contributed by atoms with Crippen molar-refractivity contribution in [3.05, 3.63) is 76.8 Å². The molecule has 1 heterocycles. The molecule has 0 radical (unpaired) electrons. The van der Waals surface area contributed by atoms with Gasteiger partial charge in [0.2, 0.25) is 0 Å². The van der Waals surface area contributed by atoms with Crippen LogP contribution in [-0.2, 0) is 6.54 Å². The van der Waals surface area contributed by atoms with Gasteiger partial charge in [-0.25, -0.2) is 4.98 Å². The molecule has 0 saturated carbocycles. The van der Waals surface area contributed by atoms with Crippen LogP contribution in [0.4, 0.5) is 5.69 Å². The van der Waals surface area contributed by atoms with Crippen molar-refractivity contribution in [1.29, 1.82) is 0 Å². The molecule has 1 unspecified atom stereocenters. The van der Waals surface area contributed by atoms with Crippen molar-refractivity contribution in [3.63, 3.8) is 0 Å². The van der Waals surface area contributed by atoms with Crippen molar-refractivity contribution in [2.75, 3.05) is 18.5 Å². The molecule has 1 aromatic heterocycles. The van der Waals surface area contributed by atoms with Gasteiger partial charge in [-0.05, 0) is 42.8 Å². The number of ether oxygens (including phenoxy) is 1. The first-order valence-electron chi connectivity index (χ1n) is 9.45. The number of hydrogen-bond acceptors (Lipinski definition) is 3. The van der Waals surface area contributed by atoms with Gasteiger partial charge in [0, 0.05) is 47.3 Å². The number of imidazole rings is 1. The second kappa shape index (κ2) is 9.85. The fourth-order valence-electron chi connectivity index (χ4n) is 3.02. The van der Waals surface area contributed by atoms with E-state index >= 15 is 0 Å². The summed E-state index contributed by atoms with van der Waals surface area (Å²) in [5.41, 5.74) is 2.07. The van der Waals surface area contributed by atoms with E-state index in [-0.39, 0.29) is 6.10 Å². The predicted octanol–water partition coefficient (Wildman–Crippen LogP) is 6.25. The molecule has 0 aliphatic carbocycles. The Kier molecular flexibility index (Phi) is 7.24. The first kappa shape index (κ1) is 20.6. The Morgan fingerprint density at radius 2 is 1.93 bits per heavy atom. The van der Waals surface area contributed by atoms with Crippen molar-refractivity contribution in [3.8, 4) is 5.75 Å². The summed E-state index contributed by atoms with van der Waals surface area (Å²) in [6.45, 7) is 3.84. The third-order valence-electron chi connectivity index (χ3n) is 4.65. The van der Waals surface area contributed by atoms with E-state index in [0.717, 1.165) is 17.9 Å². The molecule has 28 heavy (non-hydrogen) atoms. The molecule has 0 aliphatic rings. The number of hydrogen-bond donors (Lipinski definition) is 0. The van der Waals surface area contributed by atoms with Gasteiger partial charge in [0.1, 0.15) is 11.9 Å². The molecule has 0 amide bonds. The molecule has 4 nitrogen and oxygen atoms in total. The fraction of sp³-hybridized carbons (Fsp3) is 0.318. The van der Waals surface area contributed by atoms with E-state index in [4.69, 9.17) is 27.9 Å². The van der Waals surface area contributed by atoms with Gasteiger partial charge in [0.05, 0.1) is 12.9 Å². The molecule has 148 valence electrons. The average molecular weight is 418 g/mol. The molecule has 2 aromatic carbocycles. The molecular formula is C22H25Cl2N3O. The van der Waals surface area contributed by atoms with Gasteiger partial charge in [0.25, 0.3) is 0 Å². The zero-order valence-corrected chi connectivity index (χ0v) is 17.7. The highest BCUT2D eigenvalue weighted by Gasteiger charge is 2.18. The zero-order valence-electron chi connectivity index (χ0n) is 16.2. The number of nitrogens with zero attached hydrogens (tertiary/aromatic N) is 3. The lowest BCUT2D eigenvalue weighted by Gasteiger charge is -2.23. The van der Waals surface area contributed by atoms with Crippen molar-refractivity contribution in [2.45, 2.75) is 32.4 Å². The van der Waals surface area contributed by atoms with E-state index in [0.29, 0.717) is 16.6 Å². The van der Waals surface area contributed by atoms with E-state index in [2.05, 4.69) is 36.0 Å². The largest absolute Gasteiger partial charge is 0.484 e. The first-order chi connectivity index (χ1) is 13.6. The van der Waals surface area contributed by atoms with Crippen LogP contribution in [0.25, 0.3) is 0 Å². The van der Waals surface area contributed by atoms with Gasteiger partial charge in [-0.3, -0.25) is 0 Å². The van der Waals surface area contributed by atoms with Crippen LogP contribution >= 0.6 is 23.2 Å². The maximum Gasteiger partial charge on any atom is 0.143 e. The maximum atomic E-state index is 6.45. The van der Waals surface area contributed by atoms with Gasteiger partial charge >= 0.3 is 0 Å². The van der Waals surface area contributed by atoms with E-state index in [1.165, 1.54) is 18.5 Å². The quantitative estimate of drug-likeness (QED) is 0.412. The first-order valence-corrected chi connectivity index (χ1v) is 10.2. The topological polar surface area (TPSA) is 30.3 Å². The Morgan fingerprint density at radius 1 is 1.14 bits per heavy atom. The van der Waals surface area contributed by atoms with Crippen LogP contribution in [0.15, 0.2) is 61.2 Å². The second-order valence-corrected chi connectivity index (χ2v) is 7.64. The highest BCUT2D eigenvalue weighted by Crippen LogP contribution is 2.31. The number of unbranched alkanes of at least 4 members (excludes halogenated alkanes) is 1. The minimum atomic E-state index is -0.261. The maximum absolute atomic E-state index is 6.45. The fourth-order valence-corrected chi connectivity index (χ4v) is 3.55. The summed E-state index contributed by atoms with van der Waals surface area (Å²) >= 11 is 12.5. The smallest absolute Gasteiger partial charge is 0.143 e. The highest BCUT2D eigenvalue weighted by molar-refractivity contribution is 6.35. The molecule has 3 rings (SSSR count). The lowest BCUT2D eigenvalue weighted by molar-refractivity contribution is 0.183. The summed E-state index contributed by atoms with van der Waals surface area (Å²) in [7, 11) is 2.11. The van der Waals surface area contributed by atoms with Crippen molar-refractivity contribution in [1.82, 2.24) is 9.55 Å². The predicted molar refractivity (Wildman–Crippen MR) is 117 cm³/mol. The number of halogens is 2. The van der Waals surface area contributed by atoms with Crippen molar-refractivity contribution in [2.24, 2.45) is 0 Å². The monoisotopic (exact) mass is 417 g/mol. The minimum Gasteiger partial charge on any atom is -0.484 e. The van der Waals surface area contributed by atoms with Crippen LogP contribution in [0.1, 0.15) is 31.4 Å². The third-order valence-corrected chi connectivity index (χ3v) is 5.21. The molecule has 0 N–H and O–H groups in total. The van der Waals surface area contributed by atoms with Crippen LogP contribution in [0.5, 0.6) is 5.75 Å². The summed E-state index contributed by atoms with van der Waals surface area (Å²) in [5, 5.41) is 1.20. The Morgan fingerprint density at radius 3 is 2.57 bits per heavy atom. The van der Waals surface area contributed by atoms with E-state index in [9.17, 15) is 0 Å². The van der Waals surface area contributed by atoms with Crippen LogP contribution in [0, 0.1) is 0 Å². The Balaban J connectivity index is 1.79. The third kappa shape index (κ3) is 5.43. The Hall–Kier alpha value is -2.17. The van der Waals surface area contributed by atoms with Gasteiger partial charge in [-0.2, -0.15) is 0 Å². The molecule has 0 aliphatic heterocycles. The molecule has 1 atom stereocenters. The number of benzene rings is 2. The van der Waals surface area contributed by atoms with Crippen LogP contribution in [0.2, 0.25) is 10.0 Å². The summed E-state index contributed by atoms with van der Waals surface area (Å²) in [5.74, 6) is 0.795. The molecule has 0 saturated heterocycles. The van der Waals surface area contributed by atoms with E-state index in [1.807, 2.05) is 35.0 Å². The molecule has 0 fully saturated rings. The minimum absolute atomic E-state index is 0.261. The zero-order chi connectivity index (χ0) is 19.9. The number of aromatic nitrogens is 2. The van der Waals surface area contributed by atoms with Gasteiger partial charge in [0.15, 0.2) is 0 Å². The Bertz CT molecular complexity index is 866. The van der Waals surface area contributed by atoms with E-state index in [1.54, 1.807) is 18.6 Å². The van der Waals surface area contributed by atoms with Crippen molar-refractivity contribution < 1.29 is 4.74 Å². The highest BCUT2D eigenvalue weighted by atomic mass is 35.5. The van der Waals surface area contributed by atoms with Crippen LogP contribution in [-0.4, -0.2) is 23.1 Å². The molecule has 6 heteroatoms. The van der Waals surface area contributed by atoms with Crippen LogP contribution < -0.4 is 9.64 Å². The number of rotatable bonds is 9. The summed E-state index contributed by atoms with van der Waals surface area (Å²) in [4.78, 5) is 6.37. The molecule has 0 spiro atoms. The lowest BCUT2D eigenvalue weighted by Crippen LogP contribution is -2.18. The normalized spacial score (nSPS) is 12.0. The van der Waals surface area contributed by atoms with Crippen LogP contribution in [0.3, 0.4) is 0 Å². The molecule has 0 bridgehead atoms. The van der Waals surface area contributed by atoms with Crippen molar-refractivity contribution >= 4 is 28.9 Å².